The first-order chi connectivity index (χ1) is 7.58. The molecule has 0 bridgehead atoms. The number of nitrogens with one attached hydrogen (secondary N) is 1. The average Bonchev–Trinajstić information content (AvgIpc) is 2.25. The molecule has 0 aliphatic carbocycles. The molecule has 16 heavy (non-hydrogen) atoms. The van der Waals surface area contributed by atoms with Gasteiger partial charge in [0.25, 0.3) is 0 Å². The van der Waals surface area contributed by atoms with Crippen molar-refractivity contribution in [3.8, 4) is 6.07 Å². The van der Waals surface area contributed by atoms with E-state index in [1.165, 1.54) is 12.1 Å². The number of hydrogen-bond acceptors (Lipinski definition) is 2. The Morgan fingerprint density at radius 2 is 2.25 bits per heavy atom. The summed E-state index contributed by atoms with van der Waals surface area (Å²) in [5, 5.41) is 11.6. The van der Waals surface area contributed by atoms with Crippen LogP contribution in [0.4, 0.5) is 4.39 Å². The standard InChI is InChI=1S/C13H13FN2/c1-9(2)6-13(16-3)10-4-5-11(8-15)12(14)7-10/h4-7,16H,1H2,2-3H3/b13-6-. The SMILES string of the molecule is C=C(C)/C=C(\NC)c1ccc(C#N)c(F)c1. The van der Waals surface area contributed by atoms with Gasteiger partial charge in [-0.1, -0.05) is 18.2 Å². The van der Waals surface area contributed by atoms with Crippen molar-refractivity contribution < 1.29 is 4.39 Å². The Balaban J connectivity index is 3.19. The Labute approximate surface area is 94.7 Å². The maximum Gasteiger partial charge on any atom is 0.141 e. The van der Waals surface area contributed by atoms with E-state index in [9.17, 15) is 4.39 Å². The van der Waals surface area contributed by atoms with Gasteiger partial charge in [-0.15, -0.1) is 0 Å². The Morgan fingerprint density at radius 1 is 1.56 bits per heavy atom. The van der Waals surface area contributed by atoms with Gasteiger partial charge in [-0.3, -0.25) is 0 Å². The lowest BCUT2D eigenvalue weighted by Gasteiger charge is -2.07. The molecule has 0 fully saturated rings. The van der Waals surface area contributed by atoms with Gasteiger partial charge in [0.1, 0.15) is 11.9 Å². The van der Waals surface area contributed by atoms with E-state index in [0.717, 1.165) is 11.3 Å². The number of rotatable bonds is 3. The third kappa shape index (κ3) is 2.71. The predicted octanol–water partition coefficient (Wildman–Crippen LogP) is 2.83. The molecule has 0 atom stereocenters. The van der Waals surface area contributed by atoms with E-state index in [0.29, 0.717) is 5.56 Å². The van der Waals surface area contributed by atoms with Gasteiger partial charge in [-0.2, -0.15) is 5.26 Å². The maximum absolute atomic E-state index is 13.4. The summed E-state index contributed by atoms with van der Waals surface area (Å²) in [5.74, 6) is -0.511. The van der Waals surface area contributed by atoms with Crippen LogP contribution in [0.5, 0.6) is 0 Å². The fraction of sp³-hybridized carbons (Fsp3) is 0.154. The number of hydrogen-bond donors (Lipinski definition) is 1. The van der Waals surface area contributed by atoms with Gasteiger partial charge in [0, 0.05) is 18.3 Å². The topological polar surface area (TPSA) is 35.8 Å². The highest BCUT2D eigenvalue weighted by Gasteiger charge is 2.05. The molecule has 82 valence electrons. The second-order valence-corrected chi connectivity index (χ2v) is 3.46. The van der Waals surface area contributed by atoms with Gasteiger partial charge >= 0.3 is 0 Å². The van der Waals surface area contributed by atoms with Crippen molar-refractivity contribution in [3.63, 3.8) is 0 Å². The molecular formula is C13H13FN2. The predicted molar refractivity (Wildman–Crippen MR) is 63.0 cm³/mol. The Kier molecular flexibility index (Phi) is 3.84. The number of halogens is 1. The van der Waals surface area contributed by atoms with Gasteiger partial charge in [0.15, 0.2) is 0 Å². The van der Waals surface area contributed by atoms with Crippen LogP contribution in [-0.4, -0.2) is 7.05 Å². The van der Waals surface area contributed by atoms with Crippen LogP contribution in [0.1, 0.15) is 18.1 Å². The lowest BCUT2D eigenvalue weighted by Crippen LogP contribution is -2.05. The Hall–Kier alpha value is -2.08. The van der Waals surface area contributed by atoms with Crippen LogP contribution >= 0.6 is 0 Å². The molecule has 0 spiro atoms. The lowest BCUT2D eigenvalue weighted by atomic mass is 10.1. The van der Waals surface area contributed by atoms with Crippen LogP contribution < -0.4 is 5.32 Å². The molecule has 2 nitrogen and oxygen atoms in total. The van der Waals surface area contributed by atoms with Crippen LogP contribution in [0.2, 0.25) is 0 Å². The monoisotopic (exact) mass is 216 g/mol. The number of benzene rings is 1. The molecule has 1 aromatic rings. The summed E-state index contributed by atoms with van der Waals surface area (Å²) in [7, 11) is 1.75. The summed E-state index contributed by atoms with van der Waals surface area (Å²) >= 11 is 0. The van der Waals surface area contributed by atoms with Crippen molar-refractivity contribution in [2.45, 2.75) is 6.92 Å². The highest BCUT2D eigenvalue weighted by atomic mass is 19.1. The minimum atomic E-state index is -0.511. The second kappa shape index (κ2) is 5.13. The fourth-order valence-corrected chi connectivity index (χ4v) is 1.32. The maximum atomic E-state index is 13.4. The van der Waals surface area contributed by atoms with E-state index in [2.05, 4.69) is 11.9 Å². The molecule has 1 N–H and O–H groups in total. The van der Waals surface area contributed by atoms with E-state index >= 15 is 0 Å². The first-order valence-electron chi connectivity index (χ1n) is 4.83. The number of nitriles is 1. The minimum Gasteiger partial charge on any atom is -0.388 e. The smallest absolute Gasteiger partial charge is 0.141 e. The second-order valence-electron chi connectivity index (χ2n) is 3.46. The van der Waals surface area contributed by atoms with E-state index in [4.69, 9.17) is 5.26 Å². The van der Waals surface area contributed by atoms with Crippen LogP contribution in [0, 0.1) is 17.1 Å². The van der Waals surface area contributed by atoms with Crippen molar-refractivity contribution in [2.24, 2.45) is 0 Å². The van der Waals surface area contributed by atoms with Crippen molar-refractivity contribution in [2.75, 3.05) is 7.05 Å². The molecule has 0 heterocycles. The highest BCUT2D eigenvalue weighted by molar-refractivity contribution is 5.66. The number of nitrogens with zero attached hydrogens (tertiary/aromatic N) is 1. The molecule has 0 saturated carbocycles. The molecule has 1 aromatic carbocycles. The van der Waals surface area contributed by atoms with E-state index in [1.54, 1.807) is 19.2 Å². The summed E-state index contributed by atoms with van der Waals surface area (Å²) in [6.07, 6.45) is 1.82. The largest absolute Gasteiger partial charge is 0.388 e. The summed E-state index contributed by atoms with van der Waals surface area (Å²) in [5.41, 5.74) is 2.39. The van der Waals surface area contributed by atoms with Crippen molar-refractivity contribution in [1.82, 2.24) is 5.32 Å². The summed E-state index contributed by atoms with van der Waals surface area (Å²) < 4.78 is 13.4. The zero-order valence-corrected chi connectivity index (χ0v) is 9.34. The van der Waals surface area contributed by atoms with Crippen LogP contribution in [0.3, 0.4) is 0 Å². The summed E-state index contributed by atoms with van der Waals surface area (Å²) in [6, 6.07) is 6.29. The molecule has 1 rings (SSSR count). The summed E-state index contributed by atoms with van der Waals surface area (Å²) in [4.78, 5) is 0. The van der Waals surface area contributed by atoms with Crippen LogP contribution in [0.25, 0.3) is 5.70 Å². The minimum absolute atomic E-state index is 0.0505. The average molecular weight is 216 g/mol. The Morgan fingerprint density at radius 3 is 2.69 bits per heavy atom. The Bertz CT molecular complexity index is 481. The molecular weight excluding hydrogens is 203 g/mol. The molecule has 0 aromatic heterocycles. The first-order valence-corrected chi connectivity index (χ1v) is 4.83. The highest BCUT2D eigenvalue weighted by Crippen LogP contribution is 2.16. The van der Waals surface area contributed by atoms with E-state index in [-0.39, 0.29) is 5.56 Å². The van der Waals surface area contributed by atoms with Gasteiger partial charge in [-0.05, 0) is 25.1 Å². The van der Waals surface area contributed by atoms with Crippen molar-refractivity contribution in [3.05, 3.63) is 53.4 Å². The fourth-order valence-electron chi connectivity index (χ4n) is 1.32. The van der Waals surface area contributed by atoms with Crippen molar-refractivity contribution in [1.29, 1.82) is 5.26 Å². The molecule has 0 aliphatic heterocycles. The molecule has 3 heteroatoms. The van der Waals surface area contributed by atoms with Crippen LogP contribution in [0.15, 0.2) is 36.4 Å². The third-order valence-corrected chi connectivity index (χ3v) is 2.06. The zero-order valence-electron chi connectivity index (χ0n) is 9.34. The third-order valence-electron chi connectivity index (χ3n) is 2.06. The van der Waals surface area contributed by atoms with Gasteiger partial charge in [-0.25, -0.2) is 4.39 Å². The van der Waals surface area contributed by atoms with Gasteiger partial charge in [0.05, 0.1) is 5.56 Å². The number of allylic oxidation sites excluding steroid dienone is 2. The zero-order chi connectivity index (χ0) is 12.1. The molecule has 0 unspecified atom stereocenters. The van der Waals surface area contributed by atoms with Crippen LogP contribution in [-0.2, 0) is 0 Å². The van der Waals surface area contributed by atoms with Crippen molar-refractivity contribution >= 4 is 5.70 Å². The van der Waals surface area contributed by atoms with E-state index in [1.807, 2.05) is 13.0 Å². The van der Waals surface area contributed by atoms with E-state index < -0.39 is 5.82 Å². The first kappa shape index (κ1) is 12.0. The summed E-state index contributed by atoms with van der Waals surface area (Å²) in [6.45, 7) is 5.62. The molecule has 0 radical (unpaired) electrons. The van der Waals surface area contributed by atoms with Gasteiger partial charge < -0.3 is 5.32 Å². The van der Waals surface area contributed by atoms with Gasteiger partial charge in [0.2, 0.25) is 0 Å². The molecule has 0 aliphatic rings. The lowest BCUT2D eigenvalue weighted by molar-refractivity contribution is 0.623. The quantitative estimate of drug-likeness (QED) is 0.788. The molecule has 0 amide bonds. The normalized spacial score (nSPS) is 10.8. The molecule has 0 saturated heterocycles.